The average Bonchev–Trinajstić information content (AvgIpc) is 1.58. The van der Waals surface area contributed by atoms with E-state index in [4.69, 9.17) is 23.1 Å². The first-order valence-electron chi connectivity index (χ1n) is 49.6. The lowest BCUT2D eigenvalue weighted by Crippen LogP contribution is -2.31. The van der Waals surface area contributed by atoms with Crippen LogP contribution in [0.4, 0.5) is 35.7 Å². The Balaban J connectivity index is 0.000000129. The molecule has 4 atom stereocenters. The Labute approximate surface area is 828 Å². The van der Waals surface area contributed by atoms with Gasteiger partial charge in [0, 0.05) is 72.9 Å². The van der Waals surface area contributed by atoms with E-state index in [0.29, 0.717) is 84.1 Å². The van der Waals surface area contributed by atoms with Gasteiger partial charge in [0.05, 0.1) is 89.0 Å². The first-order valence-corrected chi connectivity index (χ1v) is 49.6. The molecule has 748 valence electrons. The predicted molar refractivity (Wildman–Crippen MR) is 558 cm³/mol. The zero-order chi connectivity index (χ0) is 102. The normalized spacial score (nSPS) is 15.5. The molecule has 6 aromatic carbocycles. The highest BCUT2D eigenvalue weighted by molar-refractivity contribution is 5.99. The molecule has 142 heavy (non-hydrogen) atoms. The fourth-order valence-corrected chi connectivity index (χ4v) is 17.3. The number of hydrogen-bond acceptors (Lipinski definition) is 20. The van der Waals surface area contributed by atoms with E-state index in [1.54, 1.807) is 13.7 Å². The number of amides is 6. The Morgan fingerprint density at radius 2 is 0.648 bits per heavy atom. The topological polar surface area (TPSA) is 386 Å². The quantitative estimate of drug-likeness (QED) is 0.0389. The lowest BCUT2D eigenvalue weighted by atomic mass is 9.68. The predicted octanol–water partition coefficient (Wildman–Crippen LogP) is 24.6. The summed E-state index contributed by atoms with van der Waals surface area (Å²) in [6.45, 7) is 52.3. The molecule has 32 heteroatoms. The van der Waals surface area contributed by atoms with Crippen LogP contribution >= 0.6 is 0 Å². The van der Waals surface area contributed by atoms with Gasteiger partial charge in [-0.3, -0.25) is 60.7 Å². The molecule has 10 aromatic heterocycles. The van der Waals surface area contributed by atoms with Crippen molar-refractivity contribution in [2.45, 2.75) is 269 Å². The third-order valence-corrected chi connectivity index (χ3v) is 27.8. The van der Waals surface area contributed by atoms with E-state index in [1.165, 1.54) is 68.9 Å². The van der Waals surface area contributed by atoms with E-state index in [0.717, 1.165) is 124 Å². The number of aryl methyl sites for hydroxylation is 10. The minimum atomic E-state index is -0.168. The number of nitrogens with one attached hydrogen (secondary N) is 6. The number of rotatable bonds is 21. The van der Waals surface area contributed by atoms with Crippen molar-refractivity contribution in [3.05, 3.63) is 190 Å². The van der Waals surface area contributed by atoms with Gasteiger partial charge in [-0.1, -0.05) is 174 Å². The van der Waals surface area contributed by atoms with Crippen LogP contribution in [0, 0.1) is 126 Å². The number of fused-ring (bicyclic) bond motifs is 6. The molecule has 4 saturated carbocycles. The Morgan fingerprint density at radius 3 is 0.923 bits per heavy atom. The Morgan fingerprint density at radius 1 is 0.366 bits per heavy atom. The number of nitrogens with zero attached hydrogens (tertiary/aromatic N) is 16. The largest absolute Gasteiger partial charge is 0.338 e. The van der Waals surface area contributed by atoms with E-state index in [1.807, 2.05) is 239 Å². The highest BCUT2D eigenvalue weighted by Gasteiger charge is 2.51. The molecular formula is C110H138N22O10. The van der Waals surface area contributed by atoms with Crippen molar-refractivity contribution in [1.82, 2.24) is 77.9 Å². The van der Waals surface area contributed by atoms with Gasteiger partial charge in [-0.15, -0.1) is 0 Å². The Kier molecular flexibility index (Phi) is 29.9. The SMILES string of the molecule is Cc1ccc2nc(NC(=O)CC(C)(C)C)n(-c3cc(C)no3)c2c1.Cc1ccc2nc(NC(=O)CC3(C)CCC3)n(C3CCC3)c2c1.Cc1ccc2nc(NC(=O)[C@@H](C)C(C)(C)C)n(-c3cc(C)no3)c2c1.Cc1ccc2nc(NC(=O)[C@@H](C)C(C)C)n(-c3cc(C)no3)c2c1.Cc1ccc2nc(NC(=O)[C@H](C)C(C)C)n(C3CCC3)c2c1.Cc1ccc2nc(NC(=O)[C@H]3CC3(C)C)n(-c3cc(C)no3)c2c1. The standard InChI is InChI=1S/C19H24N4O2.C19H25N3O.C18H20N4O2.2C18H22N4O2.C18H25N3O/c1-11-7-8-14-15(9-11)23(16-10-12(2)22-25-16)18(20-14)21-17(24)13(3)19(4,5)6;1-13-7-8-15-16(11-13)22(14-5-3-6-14)18(20-15)21-17(23)12-19(2)9-4-10-19;1-10-5-6-13-14(7-10)22(15-8-11(2)21-24-15)17(19-13)20-16(23)12-9-18(12,3)4;1-11-6-7-13-14(8-11)22(16-9-12(2)21-24-16)17(19-13)20-15(23)10-18(3,4)5;1-10(2)13(5)17(23)20-18-19-14-7-6-11(3)8-15(14)22(18)16-9-12(4)21-24-16;1-11(2)13(4)17(22)20-18-19-15-9-8-12(3)10-16(15)21(18)14-6-5-7-14/h7-10,13H,1-6H3,(H,20,21,24);7-8,11,14H,3-6,9-10,12H2,1-2H3,(H,20,21,23);5-8,12H,9H2,1-4H3,(H,19,20,23);6-9H,10H2,1-5H3,(H,19,20,23);6-10,13H,1-5H3,(H,19,20,23);8-11,13-14H,5-7H2,1-4H3,(H,19,20,22)/t13-;;12-;;2*13-/m1.1.01/s1. The minimum absolute atomic E-state index is 0.00418. The zero-order valence-electron chi connectivity index (χ0n) is 87.0. The summed E-state index contributed by atoms with van der Waals surface area (Å²) < 4.78 is 33.4. The van der Waals surface area contributed by atoms with Gasteiger partial charge in [-0.2, -0.15) is 0 Å². The number of benzene rings is 6. The van der Waals surface area contributed by atoms with Crippen molar-refractivity contribution in [1.29, 1.82) is 0 Å². The maximum Gasteiger partial charge on any atom is 0.238 e. The molecule has 6 N–H and O–H groups in total. The van der Waals surface area contributed by atoms with Crippen LogP contribution < -0.4 is 31.9 Å². The summed E-state index contributed by atoms with van der Waals surface area (Å²) in [4.78, 5) is 103. The van der Waals surface area contributed by atoms with Crippen molar-refractivity contribution < 1.29 is 46.9 Å². The van der Waals surface area contributed by atoms with Crippen molar-refractivity contribution in [2.75, 3.05) is 31.9 Å². The zero-order valence-corrected chi connectivity index (χ0v) is 87.0. The van der Waals surface area contributed by atoms with Crippen molar-refractivity contribution >= 4 is 137 Å². The molecule has 20 rings (SSSR count). The van der Waals surface area contributed by atoms with Gasteiger partial charge in [0.25, 0.3) is 0 Å². The molecule has 4 aliphatic carbocycles. The summed E-state index contributed by atoms with van der Waals surface area (Å²) in [7, 11) is 0. The van der Waals surface area contributed by atoms with E-state index >= 15 is 0 Å². The Hall–Kier alpha value is -14.2. The van der Waals surface area contributed by atoms with Crippen LogP contribution in [0.3, 0.4) is 0 Å². The van der Waals surface area contributed by atoms with Crippen LogP contribution in [-0.4, -0.2) is 113 Å². The first-order chi connectivity index (χ1) is 67.1. The van der Waals surface area contributed by atoms with Gasteiger partial charge in [0.15, 0.2) is 0 Å². The molecule has 0 bridgehead atoms. The molecule has 32 nitrogen and oxygen atoms in total. The second-order valence-corrected chi connectivity index (χ2v) is 43.6. The molecule has 4 aliphatic rings. The summed E-state index contributed by atoms with van der Waals surface area (Å²) in [5.41, 5.74) is 20.9. The van der Waals surface area contributed by atoms with E-state index in [2.05, 4.69) is 165 Å². The number of anilines is 6. The fourth-order valence-electron chi connectivity index (χ4n) is 17.3. The summed E-state index contributed by atoms with van der Waals surface area (Å²) in [5, 5.41) is 33.7. The third kappa shape index (κ3) is 23.5. The molecule has 0 radical (unpaired) electrons. The smallest absolute Gasteiger partial charge is 0.238 e. The Bertz CT molecular complexity index is 7210. The maximum absolute atomic E-state index is 12.7. The third-order valence-electron chi connectivity index (χ3n) is 27.8. The summed E-state index contributed by atoms with van der Waals surface area (Å²) in [5.74, 6) is 5.67. The maximum atomic E-state index is 12.7. The average molecular weight is 1930 g/mol. The van der Waals surface area contributed by atoms with Crippen LogP contribution in [-0.2, 0) is 28.8 Å². The molecule has 0 spiro atoms. The lowest BCUT2D eigenvalue weighted by molar-refractivity contribution is -0.122. The number of carbonyl (C=O) groups excluding carboxylic acids is 6. The molecule has 16 aromatic rings. The number of hydrogen-bond donors (Lipinski definition) is 6. The molecule has 0 saturated heterocycles. The fraction of sp³-hybridized carbons (Fsp3) is 0.455. The van der Waals surface area contributed by atoms with Crippen LogP contribution in [0.5, 0.6) is 0 Å². The second kappa shape index (κ2) is 41.5. The van der Waals surface area contributed by atoms with Gasteiger partial charge in [0.1, 0.15) is 0 Å². The van der Waals surface area contributed by atoms with Gasteiger partial charge in [-0.25, -0.2) is 48.2 Å². The highest BCUT2D eigenvalue weighted by Crippen LogP contribution is 2.52. The highest BCUT2D eigenvalue weighted by atomic mass is 16.5. The van der Waals surface area contributed by atoms with Gasteiger partial charge in [0.2, 0.25) is 94.7 Å². The summed E-state index contributed by atoms with van der Waals surface area (Å²) in [6.07, 6.45) is 12.7. The van der Waals surface area contributed by atoms with Gasteiger partial charge >= 0.3 is 0 Å². The van der Waals surface area contributed by atoms with Crippen molar-refractivity contribution in [3.8, 4) is 23.5 Å². The number of carbonyl (C=O) groups is 6. The number of imidazole rings is 6. The van der Waals surface area contributed by atoms with Crippen LogP contribution in [0.2, 0.25) is 0 Å². The van der Waals surface area contributed by atoms with E-state index < -0.39 is 0 Å². The summed E-state index contributed by atoms with van der Waals surface area (Å²) in [6, 6.07) is 44.7. The van der Waals surface area contributed by atoms with E-state index in [-0.39, 0.29) is 86.7 Å². The van der Waals surface area contributed by atoms with Crippen molar-refractivity contribution in [2.24, 2.45) is 57.2 Å². The lowest BCUT2D eigenvalue weighted by Gasteiger charge is -2.37. The number of aromatic nitrogens is 16. The van der Waals surface area contributed by atoms with Crippen LogP contribution in [0.1, 0.15) is 256 Å². The van der Waals surface area contributed by atoms with Gasteiger partial charge < -0.3 is 27.2 Å². The summed E-state index contributed by atoms with van der Waals surface area (Å²) >= 11 is 0. The first kappa shape index (κ1) is 102. The molecule has 0 unspecified atom stereocenters. The molecule has 4 fully saturated rings. The molecule has 6 amide bonds. The van der Waals surface area contributed by atoms with E-state index in [9.17, 15) is 28.8 Å². The van der Waals surface area contributed by atoms with Crippen molar-refractivity contribution in [3.63, 3.8) is 0 Å². The molecule has 0 aliphatic heterocycles. The monoisotopic (exact) mass is 1930 g/mol. The minimum Gasteiger partial charge on any atom is -0.338 e. The van der Waals surface area contributed by atoms with Crippen LogP contribution in [0.25, 0.3) is 89.7 Å². The molecule has 10 heterocycles. The van der Waals surface area contributed by atoms with Crippen LogP contribution in [0.15, 0.2) is 152 Å². The molecular weight excluding hydrogens is 1790 g/mol. The second-order valence-electron chi connectivity index (χ2n) is 43.6. The van der Waals surface area contributed by atoms with Gasteiger partial charge in [-0.05, 0) is 267 Å².